The average Bonchev–Trinajstić information content (AvgIpc) is 3.03. The number of carbonyl (C=O) groups excluding carboxylic acids is 2. The number of hydrogen-bond acceptors (Lipinski definition) is 5. The molecule has 1 unspecified atom stereocenters. The maximum Gasteiger partial charge on any atom is 0.290 e. The average molecular weight is 424 g/mol. The van der Waals surface area contributed by atoms with Gasteiger partial charge in [-0.3, -0.25) is 9.59 Å². The number of aliphatic hydroxyl groups is 1. The molecule has 6 nitrogen and oxygen atoms in total. The van der Waals surface area contributed by atoms with Crippen LogP contribution >= 0.6 is 0 Å². The molecule has 0 saturated heterocycles. The highest BCUT2D eigenvalue weighted by molar-refractivity contribution is 6.09. The molecule has 2 aromatic rings. The summed E-state index contributed by atoms with van der Waals surface area (Å²) >= 11 is 0. The van der Waals surface area contributed by atoms with Gasteiger partial charge in [-0.2, -0.15) is 0 Å². The molecule has 0 fully saturated rings. The Hall–Kier alpha value is -3.12. The molecule has 0 spiro atoms. The fraction of sp³-hybridized carbons (Fsp3) is 0.360. The lowest BCUT2D eigenvalue weighted by Gasteiger charge is -2.27. The van der Waals surface area contributed by atoms with Crippen LogP contribution in [0.5, 0.6) is 5.75 Å². The third-order valence-corrected chi connectivity index (χ3v) is 5.26. The first-order valence-corrected chi connectivity index (χ1v) is 10.5. The summed E-state index contributed by atoms with van der Waals surface area (Å²) in [5.41, 5.74) is 1.92. The van der Waals surface area contributed by atoms with E-state index in [0.29, 0.717) is 31.9 Å². The number of hydrogen-bond donors (Lipinski definition) is 1. The minimum absolute atomic E-state index is 0.151. The van der Waals surface area contributed by atoms with Crippen molar-refractivity contribution in [3.05, 3.63) is 77.1 Å². The molecular formula is C25H29NO5. The number of amides is 1. The Balaban J connectivity index is 1.91. The molecule has 6 heteroatoms. The molecule has 1 atom stereocenters. The van der Waals surface area contributed by atoms with Crippen molar-refractivity contribution in [3.63, 3.8) is 0 Å². The SMILES string of the molecule is COCCCN1C(=O)C(O)=C(C(=O)C(C)C)C1c1cccc(OCc2ccccc2)c1. The van der Waals surface area contributed by atoms with Crippen molar-refractivity contribution in [2.75, 3.05) is 20.3 Å². The summed E-state index contributed by atoms with van der Waals surface area (Å²) in [4.78, 5) is 27.3. The molecular weight excluding hydrogens is 394 g/mol. The first-order valence-electron chi connectivity index (χ1n) is 10.5. The maximum absolute atomic E-state index is 12.9. The fourth-order valence-electron chi connectivity index (χ4n) is 3.69. The Morgan fingerprint density at radius 2 is 1.87 bits per heavy atom. The van der Waals surface area contributed by atoms with E-state index in [1.807, 2.05) is 54.6 Å². The lowest BCUT2D eigenvalue weighted by atomic mass is 9.91. The maximum atomic E-state index is 12.9. The molecule has 0 bridgehead atoms. The van der Waals surface area contributed by atoms with Crippen LogP contribution in [0, 0.1) is 5.92 Å². The van der Waals surface area contributed by atoms with Gasteiger partial charge >= 0.3 is 0 Å². The number of nitrogens with zero attached hydrogens (tertiary/aromatic N) is 1. The molecule has 3 rings (SSSR count). The van der Waals surface area contributed by atoms with Crippen LogP contribution < -0.4 is 4.74 Å². The van der Waals surface area contributed by atoms with Gasteiger partial charge in [-0.25, -0.2) is 0 Å². The molecule has 0 saturated carbocycles. The summed E-state index contributed by atoms with van der Waals surface area (Å²) in [6, 6.07) is 16.5. The standard InChI is InChI=1S/C25H29NO5/c1-17(2)23(27)21-22(26(13-8-14-30-3)25(29)24(21)28)19-11-7-12-20(15-19)31-16-18-9-5-4-6-10-18/h4-7,9-12,15,17,22,28H,8,13-14,16H2,1-3H3. The Morgan fingerprint density at radius 3 is 2.55 bits per heavy atom. The Labute approximate surface area is 183 Å². The molecule has 0 aliphatic carbocycles. The molecule has 164 valence electrons. The van der Waals surface area contributed by atoms with Crippen molar-refractivity contribution >= 4 is 11.7 Å². The van der Waals surface area contributed by atoms with Crippen molar-refractivity contribution < 1.29 is 24.2 Å². The largest absolute Gasteiger partial charge is 0.503 e. The smallest absolute Gasteiger partial charge is 0.290 e. The molecule has 1 aliphatic heterocycles. The lowest BCUT2D eigenvalue weighted by Crippen LogP contribution is -2.33. The predicted octanol–water partition coefficient (Wildman–Crippen LogP) is 4.22. The van der Waals surface area contributed by atoms with E-state index in [2.05, 4.69) is 0 Å². The van der Waals surface area contributed by atoms with Crippen LogP contribution in [0.15, 0.2) is 65.9 Å². The number of rotatable bonds is 10. The zero-order chi connectivity index (χ0) is 22.4. The van der Waals surface area contributed by atoms with Crippen molar-refractivity contribution in [1.82, 2.24) is 4.90 Å². The minimum Gasteiger partial charge on any atom is -0.503 e. The van der Waals surface area contributed by atoms with Gasteiger partial charge in [0.1, 0.15) is 12.4 Å². The first-order chi connectivity index (χ1) is 14.9. The molecule has 2 aromatic carbocycles. The zero-order valence-electron chi connectivity index (χ0n) is 18.2. The summed E-state index contributed by atoms with van der Waals surface area (Å²) in [5.74, 6) is -0.935. The number of carbonyl (C=O) groups is 2. The van der Waals surface area contributed by atoms with Gasteiger partial charge < -0.3 is 19.5 Å². The van der Waals surface area contributed by atoms with E-state index in [-0.39, 0.29) is 17.3 Å². The minimum atomic E-state index is -0.653. The van der Waals surface area contributed by atoms with Gasteiger partial charge in [0.05, 0.1) is 11.6 Å². The van der Waals surface area contributed by atoms with Gasteiger partial charge in [-0.1, -0.05) is 56.3 Å². The van der Waals surface area contributed by atoms with Crippen molar-refractivity contribution in [1.29, 1.82) is 0 Å². The van der Waals surface area contributed by atoms with Gasteiger partial charge in [0, 0.05) is 26.2 Å². The van der Waals surface area contributed by atoms with Crippen molar-refractivity contribution in [2.24, 2.45) is 5.92 Å². The van der Waals surface area contributed by atoms with Crippen LogP contribution in [0.2, 0.25) is 0 Å². The molecule has 1 aliphatic rings. The summed E-state index contributed by atoms with van der Waals surface area (Å²) in [7, 11) is 1.60. The zero-order valence-corrected chi connectivity index (χ0v) is 18.2. The Bertz CT molecular complexity index is 951. The van der Waals surface area contributed by atoms with E-state index >= 15 is 0 Å². The third kappa shape index (κ3) is 5.14. The van der Waals surface area contributed by atoms with Crippen LogP contribution in [-0.4, -0.2) is 42.0 Å². The first kappa shape index (κ1) is 22.6. The number of ketones is 1. The highest BCUT2D eigenvalue weighted by Crippen LogP contribution is 2.39. The van der Waals surface area contributed by atoms with Crippen molar-refractivity contribution in [3.8, 4) is 5.75 Å². The van der Waals surface area contributed by atoms with E-state index in [9.17, 15) is 14.7 Å². The van der Waals surface area contributed by atoms with E-state index in [0.717, 1.165) is 11.1 Å². The Kier molecular flexibility index (Phi) is 7.47. The summed E-state index contributed by atoms with van der Waals surface area (Å²) in [6.07, 6.45) is 0.597. The van der Waals surface area contributed by atoms with Crippen LogP contribution in [0.3, 0.4) is 0 Å². The number of benzene rings is 2. The second-order valence-corrected chi connectivity index (χ2v) is 7.88. The van der Waals surface area contributed by atoms with Crippen molar-refractivity contribution in [2.45, 2.75) is 32.9 Å². The van der Waals surface area contributed by atoms with Gasteiger partial charge in [-0.15, -0.1) is 0 Å². The highest BCUT2D eigenvalue weighted by Gasteiger charge is 2.43. The van der Waals surface area contributed by atoms with Crippen LogP contribution in [0.25, 0.3) is 0 Å². The summed E-state index contributed by atoms with van der Waals surface area (Å²) in [6.45, 7) is 4.77. The van der Waals surface area contributed by atoms with Crippen LogP contribution in [0.4, 0.5) is 0 Å². The summed E-state index contributed by atoms with van der Waals surface area (Å²) < 4.78 is 11.0. The Morgan fingerprint density at radius 1 is 1.13 bits per heavy atom. The van der Waals surface area contributed by atoms with Gasteiger partial charge in [0.15, 0.2) is 11.5 Å². The molecule has 1 amide bonds. The van der Waals surface area contributed by atoms with Gasteiger partial charge in [0.25, 0.3) is 5.91 Å². The number of methoxy groups -OCH3 is 1. The third-order valence-electron chi connectivity index (χ3n) is 5.26. The van der Waals surface area contributed by atoms with E-state index in [1.54, 1.807) is 25.9 Å². The molecule has 1 heterocycles. The molecule has 0 radical (unpaired) electrons. The van der Waals surface area contributed by atoms with Gasteiger partial charge in [-0.05, 0) is 29.7 Å². The second kappa shape index (κ2) is 10.3. The van der Waals surface area contributed by atoms with Gasteiger partial charge in [0.2, 0.25) is 0 Å². The van der Waals surface area contributed by atoms with E-state index in [4.69, 9.17) is 9.47 Å². The van der Waals surface area contributed by atoms with Crippen LogP contribution in [-0.2, 0) is 20.9 Å². The monoisotopic (exact) mass is 423 g/mol. The quantitative estimate of drug-likeness (QED) is 0.579. The second-order valence-electron chi connectivity index (χ2n) is 7.88. The lowest BCUT2D eigenvalue weighted by molar-refractivity contribution is -0.129. The number of ether oxygens (including phenoxy) is 2. The topological polar surface area (TPSA) is 76.1 Å². The van der Waals surface area contributed by atoms with E-state index < -0.39 is 17.7 Å². The molecule has 0 aromatic heterocycles. The fourth-order valence-corrected chi connectivity index (χ4v) is 3.69. The number of Topliss-reactive ketones (excluding diaryl/α,β-unsaturated/α-hetero) is 1. The molecule has 31 heavy (non-hydrogen) atoms. The summed E-state index contributed by atoms with van der Waals surface area (Å²) in [5, 5.41) is 10.6. The normalized spacial score (nSPS) is 16.3. The highest BCUT2D eigenvalue weighted by atomic mass is 16.5. The van der Waals surface area contributed by atoms with E-state index in [1.165, 1.54) is 0 Å². The number of aliphatic hydroxyl groups excluding tert-OH is 1. The predicted molar refractivity (Wildman–Crippen MR) is 118 cm³/mol. The molecule has 1 N–H and O–H groups in total. The van der Waals surface area contributed by atoms with Crippen LogP contribution in [0.1, 0.15) is 37.4 Å².